The van der Waals surface area contributed by atoms with E-state index >= 15 is 0 Å². The lowest BCUT2D eigenvalue weighted by molar-refractivity contribution is 0.0856. The monoisotopic (exact) mass is 1920 g/mol. The van der Waals surface area contributed by atoms with Gasteiger partial charge in [0.05, 0.1) is 71.7 Å². The Bertz CT molecular complexity index is 4700. The van der Waals surface area contributed by atoms with E-state index in [2.05, 4.69) is 320 Å². The van der Waals surface area contributed by atoms with Crippen molar-refractivity contribution in [2.45, 2.75) is 367 Å². The van der Waals surface area contributed by atoms with Gasteiger partial charge in [-0.1, -0.05) is 353 Å². The van der Waals surface area contributed by atoms with Gasteiger partial charge in [0.2, 0.25) is 0 Å². The van der Waals surface area contributed by atoms with Crippen molar-refractivity contribution in [2.24, 2.45) is 111 Å². The highest BCUT2D eigenvalue weighted by Gasteiger charge is 2.51. The van der Waals surface area contributed by atoms with E-state index in [4.69, 9.17) is 19.4 Å². The maximum Gasteiger partial charge on any atom is 0.135 e. The molecule has 0 bridgehead atoms. The SMILES string of the molecule is C=C1/C(=C\C=C2/CCC[C@]3(C)C([C@@H](C)C/C=C/C(=NOC)C(C)(C)C)=CC[C@@H]23)C[C@@H](O)C[C@@H]1O.C=C1/C(=C\C=C2/CCC[C@]3(C)C([C@H](C)C/C=C/C(=NOC)C(C)(C)C)=CC[C@@H]23)C[C@@H](O)C[C@@H]1O.C=CCON=C(/C=C/C[C@@H](C)C1=CC[C@H]2/C(=C/C=C3/C[C@@H](O)C[C@H](O)C3=C)CCC[C@]12C)C(C)(C)C.C=CCON=C(/C=C/C[C@H](C)C1=CC[C@H]2/C(=C/C=C3/C[C@@H](O)C[C@H](O)C3=C)CCC[C@]12C)C(C)(C)C. The van der Waals surface area contributed by atoms with E-state index < -0.39 is 48.8 Å². The van der Waals surface area contributed by atoms with Crippen LogP contribution in [0.3, 0.4) is 0 Å². The number of hydrogen-bond donors (Lipinski definition) is 8. The molecule has 0 aromatic carbocycles. The number of rotatable bonds is 28. The fourth-order valence-corrected chi connectivity index (χ4v) is 24.6. The summed E-state index contributed by atoms with van der Waals surface area (Å²) < 4.78 is 0. The number of aliphatic hydroxyl groups excluding tert-OH is 8. The topological polar surface area (TPSA) is 248 Å². The van der Waals surface area contributed by atoms with Crippen LogP contribution >= 0.6 is 0 Å². The summed E-state index contributed by atoms with van der Waals surface area (Å²) in [6, 6.07) is 0. The van der Waals surface area contributed by atoms with Crippen molar-refractivity contribution in [1.29, 1.82) is 0 Å². The van der Waals surface area contributed by atoms with Gasteiger partial charge in [0.25, 0.3) is 0 Å². The average molecular weight is 1920 g/mol. The lowest BCUT2D eigenvalue weighted by atomic mass is 9.62. The van der Waals surface area contributed by atoms with Gasteiger partial charge in [-0.2, -0.15) is 0 Å². The lowest BCUT2D eigenvalue weighted by Crippen LogP contribution is -2.32. The molecule has 0 unspecified atom stereocenters. The molecule has 8 saturated carbocycles. The third-order valence-corrected chi connectivity index (χ3v) is 32.8. The van der Waals surface area contributed by atoms with E-state index in [1.54, 1.807) is 48.7 Å². The second-order valence-electron chi connectivity index (χ2n) is 47.7. The van der Waals surface area contributed by atoms with Gasteiger partial charge >= 0.3 is 0 Å². The van der Waals surface area contributed by atoms with E-state index in [-0.39, 0.29) is 43.3 Å². The van der Waals surface area contributed by atoms with E-state index in [0.29, 0.717) is 112 Å². The molecule has 0 spiro atoms. The standard InChI is InChI=1S/2C32H47NO3.2C30H45NO3/c2*1-8-19-36-33-30(31(4,5)6)13-9-11-22(2)27-16-17-28-24(12-10-18-32(27,28)7)14-15-25-20-26(34)21-29(35)23(25)3;2*1-20(10-8-12-28(31-34-7)29(3,4)5)25-15-16-26-22(11-9-17-30(25,26)6)13-14-23-18-24(32)19-27(33)21(23)2/h2*8-9,13-16,22,26,28-29,34-35H,1,3,10-12,17-21H2,2,4-7H3;2*8,12-15,20,24,26-27,32-33H,2,9-11,16-19H2,1,3-7H3/b2*13-9+,24-14+,25-15-,33-30?;2*12-8+,22-13+,23-14-,31-28?/t22-,26+,28-,29-,32+;22-,26-,28+,29+,32-;20-,24+,26-,27-,30+;20-,24-,26+,27+,30-/m0101/s1. The van der Waals surface area contributed by atoms with Crippen LogP contribution in [0.25, 0.3) is 0 Å². The zero-order valence-electron chi connectivity index (χ0n) is 90.4. The quantitative estimate of drug-likeness (QED) is 0.0158. The van der Waals surface area contributed by atoms with Gasteiger partial charge in [-0.05, 0) is 292 Å². The number of nitrogens with zero attached hydrogens (tertiary/aromatic N) is 4. The third kappa shape index (κ3) is 30.0. The minimum atomic E-state index is -0.638. The van der Waals surface area contributed by atoms with Gasteiger partial charge in [0.1, 0.15) is 27.4 Å². The second-order valence-corrected chi connectivity index (χ2v) is 47.7. The first-order valence-electron chi connectivity index (χ1n) is 53.0. The van der Waals surface area contributed by atoms with Gasteiger partial charge in [-0.25, -0.2) is 0 Å². The highest BCUT2D eigenvalue weighted by atomic mass is 16.6. The summed E-state index contributed by atoms with van der Waals surface area (Å²) in [5.74, 6) is 4.01. The number of hydrogen-bond acceptors (Lipinski definition) is 16. The zero-order valence-corrected chi connectivity index (χ0v) is 90.4. The van der Waals surface area contributed by atoms with Crippen LogP contribution < -0.4 is 0 Å². The van der Waals surface area contributed by atoms with Crippen LogP contribution in [0.1, 0.15) is 318 Å². The van der Waals surface area contributed by atoms with Crippen LogP contribution in [-0.4, -0.2) is 140 Å². The Labute approximate surface area is 846 Å². The highest BCUT2D eigenvalue weighted by Crippen LogP contribution is 2.62. The molecule has 16 heteroatoms. The maximum absolute atomic E-state index is 10.2. The fourth-order valence-electron chi connectivity index (χ4n) is 24.6. The normalized spacial score (nSPS) is 33.3. The number of allylic oxidation sites excluding steroid dienone is 28. The average Bonchev–Trinajstić information content (AvgIpc) is 1.61. The van der Waals surface area contributed by atoms with Crippen LogP contribution in [0, 0.1) is 90.7 Å². The van der Waals surface area contributed by atoms with Crippen molar-refractivity contribution in [1.82, 2.24) is 0 Å². The Balaban J connectivity index is 0.000000209. The van der Waals surface area contributed by atoms with Crippen molar-refractivity contribution >= 4 is 22.8 Å². The molecule has 0 aromatic heterocycles. The van der Waals surface area contributed by atoms with Crippen LogP contribution in [0.4, 0.5) is 0 Å². The molecule has 772 valence electrons. The smallest absolute Gasteiger partial charge is 0.135 e. The molecule has 12 aliphatic rings. The van der Waals surface area contributed by atoms with Crippen molar-refractivity contribution in [3.63, 3.8) is 0 Å². The van der Waals surface area contributed by atoms with Crippen molar-refractivity contribution in [2.75, 3.05) is 27.4 Å². The Morgan fingerprint density at radius 2 is 0.557 bits per heavy atom. The van der Waals surface area contributed by atoms with Gasteiger partial charge in [-0.15, -0.1) is 0 Å². The first-order valence-corrected chi connectivity index (χ1v) is 53.0. The molecule has 8 fully saturated rings. The van der Waals surface area contributed by atoms with Gasteiger partial charge in [0, 0.05) is 47.3 Å². The van der Waals surface area contributed by atoms with Crippen LogP contribution in [0.15, 0.2) is 283 Å². The van der Waals surface area contributed by atoms with E-state index in [9.17, 15) is 40.9 Å². The summed E-state index contributed by atoms with van der Waals surface area (Å²) in [6.07, 6.45) is 70.3. The largest absolute Gasteiger partial charge is 0.399 e. The first-order chi connectivity index (χ1) is 65.9. The van der Waals surface area contributed by atoms with Crippen molar-refractivity contribution in [3.8, 4) is 0 Å². The summed E-state index contributed by atoms with van der Waals surface area (Å²) in [6.45, 7) is 69.5. The molecule has 0 aromatic rings. The van der Waals surface area contributed by atoms with Gasteiger partial charge in [0.15, 0.2) is 0 Å². The zero-order chi connectivity index (χ0) is 103. The van der Waals surface area contributed by atoms with Crippen molar-refractivity contribution in [3.05, 3.63) is 262 Å². The number of oxime groups is 4. The van der Waals surface area contributed by atoms with Gasteiger partial charge in [-0.3, -0.25) is 0 Å². The van der Waals surface area contributed by atoms with Crippen molar-refractivity contribution < 1.29 is 60.2 Å². The summed E-state index contributed by atoms with van der Waals surface area (Å²) >= 11 is 0. The van der Waals surface area contributed by atoms with E-state index in [1.165, 1.54) is 73.7 Å². The maximum atomic E-state index is 10.2. The summed E-state index contributed by atoms with van der Waals surface area (Å²) in [5.41, 5.74) is 23.6. The first kappa shape index (κ1) is 115. The molecular weight excluding hydrogens is 1740 g/mol. The van der Waals surface area contributed by atoms with Crippen LogP contribution in [0.5, 0.6) is 0 Å². The number of aliphatic hydroxyl groups is 8. The molecule has 12 rings (SSSR count). The summed E-state index contributed by atoms with van der Waals surface area (Å²) in [7, 11) is 3.20. The Kier molecular flexibility index (Phi) is 42.1. The molecule has 12 aliphatic carbocycles. The van der Waals surface area contributed by atoms with Gasteiger partial charge < -0.3 is 60.2 Å². The second kappa shape index (κ2) is 51.1. The molecular formula is C124H184N4O12. The predicted molar refractivity (Wildman–Crippen MR) is 584 cm³/mol. The third-order valence-electron chi connectivity index (χ3n) is 32.8. The fraction of sp³-hybridized carbons (Fsp3) is 0.613. The molecule has 16 nitrogen and oxygen atoms in total. The minimum absolute atomic E-state index is 0.0489. The molecule has 0 radical (unpaired) electrons. The summed E-state index contributed by atoms with van der Waals surface area (Å²) in [5, 5.41) is 98.2. The molecule has 0 heterocycles. The predicted octanol–water partition coefficient (Wildman–Crippen LogP) is 27.8. The van der Waals surface area contributed by atoms with Crippen LogP contribution in [-0.2, 0) is 19.4 Å². The highest BCUT2D eigenvalue weighted by molar-refractivity contribution is 6.00. The Hall–Kier alpha value is -8.16. The molecule has 0 saturated heterocycles. The Morgan fingerprint density at radius 1 is 0.350 bits per heavy atom. The molecule has 140 heavy (non-hydrogen) atoms. The minimum Gasteiger partial charge on any atom is -0.399 e. The molecule has 0 amide bonds. The Morgan fingerprint density at radius 3 is 0.750 bits per heavy atom. The van der Waals surface area contributed by atoms with E-state index in [1.807, 2.05) is 0 Å². The molecule has 8 N–H and O–H groups in total. The molecule has 20 atom stereocenters. The van der Waals surface area contributed by atoms with E-state index in [0.717, 1.165) is 144 Å². The summed E-state index contributed by atoms with van der Waals surface area (Å²) in [4.78, 5) is 20.9. The molecule has 0 aliphatic heterocycles. The number of fused-ring (bicyclic) bond motifs is 4. The lowest BCUT2D eigenvalue weighted by Gasteiger charge is -2.42. The van der Waals surface area contributed by atoms with Crippen LogP contribution in [0.2, 0.25) is 0 Å².